The lowest BCUT2D eigenvalue weighted by atomic mass is 10.2. The highest BCUT2D eigenvalue weighted by atomic mass is 19.1. The van der Waals surface area contributed by atoms with E-state index in [2.05, 4.69) is 16.0 Å². The predicted molar refractivity (Wildman–Crippen MR) is 64.5 cm³/mol. The number of rotatable bonds is 2. The van der Waals surface area contributed by atoms with E-state index in [4.69, 9.17) is 5.26 Å². The van der Waals surface area contributed by atoms with Gasteiger partial charge in [-0.15, -0.1) is 0 Å². The maximum atomic E-state index is 13.5. The smallest absolute Gasteiger partial charge is 0.319 e. The fourth-order valence-corrected chi connectivity index (χ4v) is 1.81. The number of benzene rings is 1. The molecule has 5 nitrogen and oxygen atoms in total. The van der Waals surface area contributed by atoms with E-state index in [9.17, 15) is 9.18 Å². The van der Waals surface area contributed by atoms with Gasteiger partial charge >= 0.3 is 6.03 Å². The van der Waals surface area contributed by atoms with Crippen molar-refractivity contribution in [1.82, 2.24) is 10.6 Å². The minimum Gasteiger partial charge on any atom is -0.334 e. The Labute approximate surface area is 104 Å². The van der Waals surface area contributed by atoms with Gasteiger partial charge in [0.05, 0.1) is 17.3 Å². The summed E-state index contributed by atoms with van der Waals surface area (Å²) in [4.78, 5) is 11.6. The predicted octanol–water partition coefficient (Wildman–Crippen LogP) is 1.18. The average Bonchev–Trinajstić information content (AvgIpc) is 2.84. The normalized spacial score (nSPS) is 18.1. The van der Waals surface area contributed by atoms with Gasteiger partial charge in [0, 0.05) is 12.6 Å². The van der Waals surface area contributed by atoms with Crippen LogP contribution in [0.3, 0.4) is 0 Å². The van der Waals surface area contributed by atoms with E-state index in [0.29, 0.717) is 0 Å². The molecule has 0 aromatic heterocycles. The first-order valence-corrected chi connectivity index (χ1v) is 5.67. The third-order valence-corrected chi connectivity index (χ3v) is 2.74. The van der Waals surface area contributed by atoms with E-state index >= 15 is 0 Å². The zero-order chi connectivity index (χ0) is 13.0. The number of nitrogens with zero attached hydrogens (tertiary/aromatic N) is 1. The molecule has 0 saturated carbocycles. The largest absolute Gasteiger partial charge is 0.334 e. The molecular weight excluding hydrogens is 235 g/mol. The van der Waals surface area contributed by atoms with Crippen LogP contribution in [0.15, 0.2) is 18.2 Å². The lowest BCUT2D eigenvalue weighted by Gasteiger charge is -2.12. The van der Waals surface area contributed by atoms with Gasteiger partial charge < -0.3 is 16.0 Å². The molecule has 1 aliphatic heterocycles. The number of hydrogen-bond donors (Lipinski definition) is 3. The molecule has 0 unspecified atom stereocenters. The first-order chi connectivity index (χ1) is 8.69. The number of nitriles is 1. The molecule has 0 spiro atoms. The molecule has 2 rings (SSSR count). The fourth-order valence-electron chi connectivity index (χ4n) is 1.81. The first kappa shape index (κ1) is 12.3. The number of amides is 2. The zero-order valence-electron chi connectivity index (χ0n) is 9.66. The Bertz CT molecular complexity index is 491. The van der Waals surface area contributed by atoms with E-state index < -0.39 is 11.8 Å². The van der Waals surface area contributed by atoms with Crippen LogP contribution < -0.4 is 16.0 Å². The molecule has 0 bridgehead atoms. The van der Waals surface area contributed by atoms with Crippen molar-refractivity contribution in [3.63, 3.8) is 0 Å². The second-order valence-electron chi connectivity index (χ2n) is 4.09. The lowest BCUT2D eigenvalue weighted by molar-refractivity contribution is 0.249. The number of hydrogen-bond acceptors (Lipinski definition) is 3. The Kier molecular flexibility index (Phi) is 3.75. The third kappa shape index (κ3) is 2.96. The molecule has 0 radical (unpaired) electrons. The second kappa shape index (κ2) is 5.47. The molecule has 6 heteroatoms. The Morgan fingerprint density at radius 3 is 3.00 bits per heavy atom. The summed E-state index contributed by atoms with van der Waals surface area (Å²) in [6.45, 7) is 1.60. The number of carbonyl (C=O) groups excluding carboxylic acids is 1. The molecule has 18 heavy (non-hydrogen) atoms. The summed E-state index contributed by atoms with van der Waals surface area (Å²) >= 11 is 0. The Balaban J connectivity index is 1.96. The summed E-state index contributed by atoms with van der Waals surface area (Å²) in [5, 5.41) is 16.9. The van der Waals surface area contributed by atoms with Crippen LogP contribution >= 0.6 is 0 Å². The summed E-state index contributed by atoms with van der Waals surface area (Å²) < 4.78 is 13.5. The molecule has 1 aromatic rings. The van der Waals surface area contributed by atoms with E-state index in [1.165, 1.54) is 12.1 Å². The number of nitrogens with one attached hydrogen (secondary N) is 3. The topological polar surface area (TPSA) is 77.0 Å². The number of anilines is 1. The van der Waals surface area contributed by atoms with Crippen molar-refractivity contribution in [2.45, 2.75) is 12.5 Å². The zero-order valence-corrected chi connectivity index (χ0v) is 9.66. The fraction of sp³-hybridized carbons (Fsp3) is 0.333. The van der Waals surface area contributed by atoms with E-state index in [-0.39, 0.29) is 17.3 Å². The molecule has 1 fully saturated rings. The van der Waals surface area contributed by atoms with E-state index in [1.807, 2.05) is 6.07 Å². The average molecular weight is 248 g/mol. The van der Waals surface area contributed by atoms with Crippen molar-refractivity contribution in [2.75, 3.05) is 18.4 Å². The number of halogens is 1. The van der Waals surface area contributed by atoms with Crippen LogP contribution in [0.2, 0.25) is 0 Å². The maximum Gasteiger partial charge on any atom is 0.319 e. The van der Waals surface area contributed by atoms with Crippen LogP contribution in [0.1, 0.15) is 12.0 Å². The van der Waals surface area contributed by atoms with Gasteiger partial charge in [-0.1, -0.05) is 0 Å². The summed E-state index contributed by atoms with van der Waals surface area (Å²) in [5.41, 5.74) is 0.288. The molecule has 1 aromatic carbocycles. The van der Waals surface area contributed by atoms with Crippen molar-refractivity contribution in [3.8, 4) is 6.07 Å². The molecule has 1 atom stereocenters. The minimum absolute atomic E-state index is 0.0671. The Morgan fingerprint density at radius 2 is 2.39 bits per heavy atom. The van der Waals surface area contributed by atoms with Crippen LogP contribution in [-0.4, -0.2) is 25.2 Å². The molecule has 1 saturated heterocycles. The van der Waals surface area contributed by atoms with E-state index in [0.717, 1.165) is 25.6 Å². The van der Waals surface area contributed by atoms with Crippen molar-refractivity contribution < 1.29 is 9.18 Å². The molecule has 1 heterocycles. The quantitative estimate of drug-likeness (QED) is 0.735. The molecule has 1 aliphatic rings. The monoisotopic (exact) mass is 248 g/mol. The highest BCUT2D eigenvalue weighted by molar-refractivity contribution is 5.89. The van der Waals surface area contributed by atoms with Crippen LogP contribution in [0.5, 0.6) is 0 Å². The molecule has 0 aliphatic carbocycles. The van der Waals surface area contributed by atoms with Gasteiger partial charge in [0.25, 0.3) is 0 Å². The Hall–Kier alpha value is -2.13. The highest BCUT2D eigenvalue weighted by Gasteiger charge is 2.17. The highest BCUT2D eigenvalue weighted by Crippen LogP contribution is 2.15. The summed E-state index contributed by atoms with van der Waals surface area (Å²) in [6, 6.07) is 5.39. The SMILES string of the molecule is N#Cc1ccc(NC(=O)N[C@@H]2CCNC2)c(F)c1. The van der Waals surface area contributed by atoms with Crippen LogP contribution in [0.25, 0.3) is 0 Å². The van der Waals surface area contributed by atoms with Crippen LogP contribution in [0, 0.1) is 17.1 Å². The molecular formula is C12H13FN4O. The van der Waals surface area contributed by atoms with Crippen molar-refractivity contribution in [3.05, 3.63) is 29.6 Å². The maximum absolute atomic E-state index is 13.5. The standard InChI is InChI=1S/C12H13FN4O/c13-10-5-8(6-14)1-2-11(10)17-12(18)16-9-3-4-15-7-9/h1-2,5,9,15H,3-4,7H2,(H2,16,17,18)/t9-/m1/s1. The molecule has 2 amide bonds. The lowest BCUT2D eigenvalue weighted by Crippen LogP contribution is -2.39. The number of carbonyl (C=O) groups is 1. The van der Waals surface area contributed by atoms with Crippen molar-refractivity contribution in [2.24, 2.45) is 0 Å². The van der Waals surface area contributed by atoms with Crippen LogP contribution in [-0.2, 0) is 0 Å². The van der Waals surface area contributed by atoms with Gasteiger partial charge in [-0.3, -0.25) is 0 Å². The summed E-state index contributed by atoms with van der Waals surface area (Å²) in [6.07, 6.45) is 0.864. The first-order valence-electron chi connectivity index (χ1n) is 5.67. The van der Waals surface area contributed by atoms with Gasteiger partial charge in [-0.25, -0.2) is 9.18 Å². The number of urea groups is 1. The second-order valence-corrected chi connectivity index (χ2v) is 4.09. The molecule has 3 N–H and O–H groups in total. The minimum atomic E-state index is -0.617. The molecule has 94 valence electrons. The van der Waals surface area contributed by atoms with Gasteiger partial charge in [0.15, 0.2) is 0 Å². The van der Waals surface area contributed by atoms with Crippen LogP contribution in [0.4, 0.5) is 14.9 Å². The van der Waals surface area contributed by atoms with Gasteiger partial charge in [0.2, 0.25) is 0 Å². The Morgan fingerprint density at radius 1 is 1.56 bits per heavy atom. The van der Waals surface area contributed by atoms with Gasteiger partial charge in [-0.05, 0) is 31.2 Å². The van der Waals surface area contributed by atoms with Gasteiger partial charge in [-0.2, -0.15) is 5.26 Å². The summed E-state index contributed by atoms with van der Waals surface area (Å²) in [5.74, 6) is -0.617. The van der Waals surface area contributed by atoms with Crippen molar-refractivity contribution >= 4 is 11.7 Å². The van der Waals surface area contributed by atoms with Gasteiger partial charge in [0.1, 0.15) is 5.82 Å². The summed E-state index contributed by atoms with van der Waals surface area (Å²) in [7, 11) is 0. The third-order valence-electron chi connectivity index (χ3n) is 2.74. The van der Waals surface area contributed by atoms with Crippen molar-refractivity contribution in [1.29, 1.82) is 5.26 Å². The van der Waals surface area contributed by atoms with E-state index in [1.54, 1.807) is 0 Å².